The molecular formula is C23H26Cl2N2O3. The van der Waals surface area contributed by atoms with Gasteiger partial charge in [-0.3, -0.25) is 4.79 Å². The van der Waals surface area contributed by atoms with Crippen LogP contribution in [0.15, 0.2) is 48.5 Å². The molecule has 3 atom stereocenters. The van der Waals surface area contributed by atoms with Crippen molar-refractivity contribution in [3.63, 3.8) is 0 Å². The van der Waals surface area contributed by atoms with Crippen molar-refractivity contribution < 1.29 is 14.3 Å². The molecule has 160 valence electrons. The summed E-state index contributed by atoms with van der Waals surface area (Å²) < 4.78 is 5.01. The molecule has 1 heterocycles. The molecule has 0 bridgehead atoms. The van der Waals surface area contributed by atoms with Gasteiger partial charge in [0.25, 0.3) is 0 Å². The fourth-order valence-electron chi connectivity index (χ4n) is 4.02. The molecule has 30 heavy (non-hydrogen) atoms. The quantitative estimate of drug-likeness (QED) is 0.609. The number of nitrogens with one attached hydrogen (secondary N) is 1. The highest BCUT2D eigenvalue weighted by Gasteiger charge is 2.44. The molecule has 5 nitrogen and oxygen atoms in total. The first-order chi connectivity index (χ1) is 14.3. The lowest BCUT2D eigenvalue weighted by Crippen LogP contribution is -2.47. The zero-order valence-corrected chi connectivity index (χ0v) is 18.8. The average Bonchev–Trinajstić information content (AvgIpc) is 3.08. The van der Waals surface area contributed by atoms with Crippen LogP contribution >= 0.6 is 23.2 Å². The van der Waals surface area contributed by atoms with Crippen LogP contribution in [0.2, 0.25) is 10.0 Å². The summed E-state index contributed by atoms with van der Waals surface area (Å²) in [5, 5.41) is 4.77. The molecule has 0 spiro atoms. The summed E-state index contributed by atoms with van der Waals surface area (Å²) in [5.74, 6) is -0.493. The molecule has 0 aromatic heterocycles. The minimum absolute atomic E-state index is 0.0834. The molecule has 2 aromatic carbocycles. The molecule has 3 rings (SSSR count). The Hall–Kier alpha value is -2.08. The first-order valence-electron chi connectivity index (χ1n) is 9.97. The number of esters is 1. The van der Waals surface area contributed by atoms with E-state index in [-0.39, 0.29) is 18.0 Å². The molecule has 1 N–H and O–H groups in total. The van der Waals surface area contributed by atoms with E-state index in [1.165, 1.54) is 7.11 Å². The van der Waals surface area contributed by atoms with Gasteiger partial charge in [-0.1, -0.05) is 61.3 Å². The van der Waals surface area contributed by atoms with Gasteiger partial charge in [0.05, 0.1) is 19.2 Å². The van der Waals surface area contributed by atoms with E-state index < -0.39 is 18.1 Å². The van der Waals surface area contributed by atoms with Gasteiger partial charge in [-0.05, 0) is 41.8 Å². The molecule has 1 amide bonds. The van der Waals surface area contributed by atoms with Crippen molar-refractivity contribution in [2.24, 2.45) is 0 Å². The molecule has 1 aliphatic heterocycles. The standard InChI is InChI=1S/C23H26Cl2N2O3/c1-14(2)26-21(15-7-9-17(24)10-8-15)22(16-5-4-6-18(25)13-16)27-19(23(29)30-3)11-12-20(27)28/h4-10,13-14,19,21-22,26H,11-12H2,1-3H3/t19?,21-,22-/m0/s1. The number of carbonyl (C=O) groups is 2. The molecule has 0 saturated carbocycles. The van der Waals surface area contributed by atoms with E-state index in [1.807, 2.05) is 56.3 Å². The van der Waals surface area contributed by atoms with Crippen molar-refractivity contribution >= 4 is 35.1 Å². The van der Waals surface area contributed by atoms with E-state index in [2.05, 4.69) is 5.32 Å². The van der Waals surface area contributed by atoms with Crippen molar-refractivity contribution in [3.8, 4) is 0 Å². The van der Waals surface area contributed by atoms with Crippen molar-refractivity contribution in [2.75, 3.05) is 7.11 Å². The second-order valence-corrected chi connectivity index (χ2v) is 8.60. The summed E-state index contributed by atoms with van der Waals surface area (Å²) in [7, 11) is 1.35. The van der Waals surface area contributed by atoms with Gasteiger partial charge < -0.3 is 15.0 Å². The normalized spacial score (nSPS) is 18.5. The Morgan fingerprint density at radius 2 is 1.80 bits per heavy atom. The number of amides is 1. The van der Waals surface area contributed by atoms with Crippen LogP contribution in [0.5, 0.6) is 0 Å². The number of nitrogens with zero attached hydrogens (tertiary/aromatic N) is 1. The number of hydrogen-bond acceptors (Lipinski definition) is 4. The fraction of sp³-hybridized carbons (Fsp3) is 0.391. The van der Waals surface area contributed by atoms with Crippen LogP contribution in [0.25, 0.3) is 0 Å². The van der Waals surface area contributed by atoms with Crippen molar-refractivity contribution in [1.29, 1.82) is 0 Å². The number of likely N-dealkylation sites (tertiary alicyclic amines) is 1. The second-order valence-electron chi connectivity index (χ2n) is 7.73. The van der Waals surface area contributed by atoms with Gasteiger partial charge in [-0.25, -0.2) is 4.79 Å². The van der Waals surface area contributed by atoms with E-state index in [1.54, 1.807) is 11.0 Å². The van der Waals surface area contributed by atoms with Crippen LogP contribution in [-0.2, 0) is 14.3 Å². The lowest BCUT2D eigenvalue weighted by Gasteiger charge is -2.39. The summed E-state index contributed by atoms with van der Waals surface area (Å²) in [5.41, 5.74) is 1.81. The summed E-state index contributed by atoms with van der Waals surface area (Å²) in [6.07, 6.45) is 0.726. The summed E-state index contributed by atoms with van der Waals surface area (Å²) in [6, 6.07) is 13.7. The molecule has 0 radical (unpaired) electrons. The van der Waals surface area contributed by atoms with Crippen molar-refractivity contribution in [1.82, 2.24) is 10.2 Å². The number of rotatable bonds is 7. The number of carbonyl (C=O) groups excluding carboxylic acids is 2. The van der Waals surface area contributed by atoms with Gasteiger partial charge in [0.2, 0.25) is 5.91 Å². The number of benzene rings is 2. The number of methoxy groups -OCH3 is 1. The Balaban J connectivity index is 2.16. The zero-order chi connectivity index (χ0) is 21.8. The van der Waals surface area contributed by atoms with Crippen LogP contribution < -0.4 is 5.32 Å². The maximum atomic E-state index is 13.0. The Morgan fingerprint density at radius 3 is 2.40 bits per heavy atom. The molecule has 1 unspecified atom stereocenters. The number of ether oxygens (including phenoxy) is 1. The predicted octanol–water partition coefficient (Wildman–Crippen LogP) is 4.94. The van der Waals surface area contributed by atoms with Crippen LogP contribution in [-0.4, -0.2) is 36.0 Å². The van der Waals surface area contributed by atoms with Crippen LogP contribution in [0.3, 0.4) is 0 Å². The molecule has 0 aliphatic carbocycles. The first kappa shape index (κ1) is 22.6. The zero-order valence-electron chi connectivity index (χ0n) is 17.3. The highest BCUT2D eigenvalue weighted by molar-refractivity contribution is 6.30. The third-order valence-corrected chi connectivity index (χ3v) is 5.76. The Bertz CT molecular complexity index is 902. The van der Waals surface area contributed by atoms with E-state index in [9.17, 15) is 9.59 Å². The maximum Gasteiger partial charge on any atom is 0.328 e. The Labute approximate surface area is 187 Å². The lowest BCUT2D eigenvalue weighted by atomic mass is 9.90. The first-order valence-corrected chi connectivity index (χ1v) is 10.7. The van der Waals surface area contributed by atoms with Crippen molar-refractivity contribution in [3.05, 3.63) is 69.7 Å². The Kier molecular flexibility index (Phi) is 7.40. The summed E-state index contributed by atoms with van der Waals surface area (Å²) >= 11 is 12.4. The van der Waals surface area contributed by atoms with E-state index in [0.717, 1.165) is 11.1 Å². The molecule has 1 saturated heterocycles. The lowest BCUT2D eigenvalue weighted by molar-refractivity contribution is -0.151. The van der Waals surface area contributed by atoms with Gasteiger partial charge in [0.15, 0.2) is 0 Å². The van der Waals surface area contributed by atoms with E-state index in [4.69, 9.17) is 27.9 Å². The molecule has 2 aromatic rings. The van der Waals surface area contributed by atoms with Gasteiger partial charge in [0.1, 0.15) is 6.04 Å². The average molecular weight is 449 g/mol. The third kappa shape index (κ3) is 4.97. The van der Waals surface area contributed by atoms with E-state index >= 15 is 0 Å². The largest absolute Gasteiger partial charge is 0.467 e. The smallest absolute Gasteiger partial charge is 0.328 e. The van der Waals surface area contributed by atoms with E-state index in [0.29, 0.717) is 22.9 Å². The van der Waals surface area contributed by atoms with Crippen LogP contribution in [0.1, 0.15) is 49.9 Å². The maximum absolute atomic E-state index is 13.0. The topological polar surface area (TPSA) is 58.6 Å². The predicted molar refractivity (Wildman–Crippen MR) is 119 cm³/mol. The third-order valence-electron chi connectivity index (χ3n) is 5.28. The second kappa shape index (κ2) is 9.82. The van der Waals surface area contributed by atoms with Crippen LogP contribution in [0.4, 0.5) is 0 Å². The van der Waals surface area contributed by atoms with Gasteiger partial charge in [-0.15, -0.1) is 0 Å². The fourth-order valence-corrected chi connectivity index (χ4v) is 4.35. The minimum Gasteiger partial charge on any atom is -0.467 e. The van der Waals surface area contributed by atoms with Gasteiger partial charge >= 0.3 is 5.97 Å². The molecule has 1 fully saturated rings. The molecule has 1 aliphatic rings. The number of hydrogen-bond donors (Lipinski definition) is 1. The van der Waals surface area contributed by atoms with Crippen molar-refractivity contribution in [2.45, 2.75) is 50.9 Å². The summed E-state index contributed by atoms with van der Waals surface area (Å²) in [4.78, 5) is 27.2. The van der Waals surface area contributed by atoms with Crippen LogP contribution in [0, 0.1) is 0 Å². The monoisotopic (exact) mass is 448 g/mol. The minimum atomic E-state index is -0.643. The summed E-state index contributed by atoms with van der Waals surface area (Å²) in [6.45, 7) is 4.09. The molecular weight excluding hydrogens is 423 g/mol. The SMILES string of the molecule is COC(=O)C1CCC(=O)N1[C@@H](c1cccc(Cl)c1)[C@@H](NC(C)C)c1ccc(Cl)cc1. The Morgan fingerprint density at radius 1 is 1.10 bits per heavy atom. The van der Waals surface area contributed by atoms with Gasteiger partial charge in [0, 0.05) is 22.5 Å². The molecule has 7 heteroatoms. The highest BCUT2D eigenvalue weighted by Crippen LogP contribution is 2.40. The highest BCUT2D eigenvalue weighted by atomic mass is 35.5. The number of halogens is 2. The van der Waals surface area contributed by atoms with Gasteiger partial charge in [-0.2, -0.15) is 0 Å².